The monoisotopic (exact) mass is 217 g/mol. The summed E-state index contributed by atoms with van der Waals surface area (Å²) in [6, 6.07) is 2.06. The second-order valence-electron chi connectivity index (χ2n) is 5.59. The molecule has 2 heterocycles. The first-order valence-electron chi connectivity index (χ1n) is 5.74. The molecule has 0 bridgehead atoms. The molecule has 0 aliphatic carbocycles. The van der Waals surface area contributed by atoms with Crippen LogP contribution in [0.4, 0.5) is 0 Å². The van der Waals surface area contributed by atoms with Gasteiger partial charge in [-0.3, -0.25) is 4.40 Å². The molecule has 3 heteroatoms. The Hall–Kier alpha value is -1.38. The number of hydrogen-bond acceptors (Lipinski definition) is 2. The maximum Gasteiger partial charge on any atom is 0.234 e. The summed E-state index contributed by atoms with van der Waals surface area (Å²) in [5, 5.41) is 0. The molecule has 0 aliphatic rings. The molecule has 0 saturated carbocycles. The summed E-state index contributed by atoms with van der Waals surface area (Å²) in [4.78, 5) is 9.14. The molecule has 0 radical (unpaired) electrons. The van der Waals surface area contributed by atoms with E-state index in [0.29, 0.717) is 5.92 Å². The highest BCUT2D eigenvalue weighted by molar-refractivity contribution is 5.34. The van der Waals surface area contributed by atoms with Crippen LogP contribution < -0.4 is 0 Å². The lowest BCUT2D eigenvalue weighted by Gasteiger charge is -2.13. The van der Waals surface area contributed by atoms with Crippen molar-refractivity contribution in [1.29, 1.82) is 0 Å². The molecular weight excluding hydrogens is 198 g/mol. The molecule has 0 fully saturated rings. The van der Waals surface area contributed by atoms with Crippen LogP contribution in [-0.4, -0.2) is 14.4 Å². The summed E-state index contributed by atoms with van der Waals surface area (Å²) >= 11 is 0. The van der Waals surface area contributed by atoms with Crippen LogP contribution in [0.5, 0.6) is 0 Å². The first-order valence-corrected chi connectivity index (χ1v) is 5.74. The molecule has 3 nitrogen and oxygen atoms in total. The Labute approximate surface area is 96.5 Å². The summed E-state index contributed by atoms with van der Waals surface area (Å²) in [6.07, 6.45) is 4.10. The summed E-state index contributed by atoms with van der Waals surface area (Å²) in [5.41, 5.74) is 2.26. The van der Waals surface area contributed by atoms with Gasteiger partial charge in [-0.15, -0.1) is 0 Å². The van der Waals surface area contributed by atoms with Gasteiger partial charge in [0, 0.05) is 23.5 Å². The van der Waals surface area contributed by atoms with E-state index in [2.05, 4.69) is 56.8 Å². The zero-order chi connectivity index (χ0) is 11.9. The summed E-state index contributed by atoms with van der Waals surface area (Å²) in [5.74, 6) is 1.25. The molecule has 0 unspecified atom stereocenters. The SMILES string of the molecule is CC(C)c1ccn2cc(C(C)(C)C)nc2n1. The van der Waals surface area contributed by atoms with Gasteiger partial charge in [-0.25, -0.2) is 9.97 Å². The van der Waals surface area contributed by atoms with Crippen LogP contribution in [0.15, 0.2) is 18.5 Å². The summed E-state index contributed by atoms with van der Waals surface area (Å²) < 4.78 is 1.99. The Morgan fingerprint density at radius 1 is 1.19 bits per heavy atom. The van der Waals surface area contributed by atoms with Crippen molar-refractivity contribution < 1.29 is 0 Å². The lowest BCUT2D eigenvalue weighted by molar-refractivity contribution is 0.573. The largest absolute Gasteiger partial charge is 0.291 e. The number of rotatable bonds is 1. The van der Waals surface area contributed by atoms with Gasteiger partial charge in [0.25, 0.3) is 0 Å². The van der Waals surface area contributed by atoms with E-state index in [1.165, 1.54) is 0 Å². The minimum Gasteiger partial charge on any atom is -0.291 e. The molecule has 0 N–H and O–H groups in total. The number of aromatic nitrogens is 3. The molecule has 16 heavy (non-hydrogen) atoms. The van der Waals surface area contributed by atoms with Crippen molar-refractivity contribution in [2.45, 2.75) is 46.0 Å². The second-order valence-corrected chi connectivity index (χ2v) is 5.59. The van der Waals surface area contributed by atoms with E-state index in [4.69, 9.17) is 0 Å². The van der Waals surface area contributed by atoms with Crippen molar-refractivity contribution in [3.05, 3.63) is 29.8 Å². The van der Waals surface area contributed by atoms with Crippen molar-refractivity contribution in [3.63, 3.8) is 0 Å². The van der Waals surface area contributed by atoms with Gasteiger partial charge in [-0.2, -0.15) is 0 Å². The summed E-state index contributed by atoms with van der Waals surface area (Å²) in [7, 11) is 0. The van der Waals surface area contributed by atoms with Crippen LogP contribution in [0.3, 0.4) is 0 Å². The van der Waals surface area contributed by atoms with E-state index in [9.17, 15) is 0 Å². The lowest BCUT2D eigenvalue weighted by atomic mass is 9.93. The highest BCUT2D eigenvalue weighted by Crippen LogP contribution is 2.21. The van der Waals surface area contributed by atoms with Gasteiger partial charge in [0.15, 0.2) is 0 Å². The molecule has 2 rings (SSSR count). The fraction of sp³-hybridized carbons (Fsp3) is 0.538. The van der Waals surface area contributed by atoms with E-state index < -0.39 is 0 Å². The molecule has 0 aromatic carbocycles. The first kappa shape index (κ1) is 11.1. The third-order valence-corrected chi connectivity index (χ3v) is 2.71. The molecule has 0 aliphatic heterocycles. The molecule has 2 aromatic heterocycles. The van der Waals surface area contributed by atoms with Crippen molar-refractivity contribution >= 4 is 5.78 Å². The number of hydrogen-bond donors (Lipinski definition) is 0. The van der Waals surface area contributed by atoms with Crippen LogP contribution in [0.1, 0.15) is 51.9 Å². The van der Waals surface area contributed by atoms with E-state index in [0.717, 1.165) is 17.2 Å². The van der Waals surface area contributed by atoms with Gasteiger partial charge in [-0.1, -0.05) is 34.6 Å². The normalized spacial score (nSPS) is 12.6. The maximum atomic E-state index is 4.58. The maximum absolute atomic E-state index is 4.58. The van der Waals surface area contributed by atoms with Gasteiger partial charge in [0.2, 0.25) is 5.78 Å². The van der Waals surface area contributed by atoms with Crippen molar-refractivity contribution in [2.75, 3.05) is 0 Å². The number of fused-ring (bicyclic) bond motifs is 1. The molecule has 86 valence electrons. The van der Waals surface area contributed by atoms with Gasteiger partial charge in [0.05, 0.1) is 5.69 Å². The van der Waals surface area contributed by atoms with Crippen LogP contribution in [-0.2, 0) is 5.41 Å². The second kappa shape index (κ2) is 3.58. The molecule has 0 saturated heterocycles. The Balaban J connectivity index is 2.54. The molecule has 0 amide bonds. The third kappa shape index (κ3) is 1.94. The van der Waals surface area contributed by atoms with Gasteiger partial charge < -0.3 is 0 Å². The van der Waals surface area contributed by atoms with Crippen molar-refractivity contribution in [3.8, 4) is 0 Å². The van der Waals surface area contributed by atoms with E-state index in [1.54, 1.807) is 0 Å². The molecule has 0 spiro atoms. The lowest BCUT2D eigenvalue weighted by Crippen LogP contribution is -2.11. The topological polar surface area (TPSA) is 30.2 Å². The highest BCUT2D eigenvalue weighted by Gasteiger charge is 2.18. The van der Waals surface area contributed by atoms with Crippen LogP contribution in [0, 0.1) is 0 Å². The van der Waals surface area contributed by atoms with Gasteiger partial charge in [-0.05, 0) is 12.0 Å². The molecule has 0 atom stereocenters. The minimum absolute atomic E-state index is 0.0751. The third-order valence-electron chi connectivity index (χ3n) is 2.71. The molecular formula is C13H19N3. The summed E-state index contributed by atoms with van der Waals surface area (Å²) in [6.45, 7) is 10.8. The molecule has 2 aromatic rings. The van der Waals surface area contributed by atoms with Gasteiger partial charge >= 0.3 is 0 Å². The fourth-order valence-corrected chi connectivity index (χ4v) is 1.57. The van der Waals surface area contributed by atoms with E-state index >= 15 is 0 Å². The fourth-order valence-electron chi connectivity index (χ4n) is 1.57. The van der Waals surface area contributed by atoms with Crippen LogP contribution in [0.2, 0.25) is 0 Å². The Kier molecular flexibility index (Phi) is 2.49. The Morgan fingerprint density at radius 2 is 1.88 bits per heavy atom. The minimum atomic E-state index is 0.0751. The Morgan fingerprint density at radius 3 is 2.44 bits per heavy atom. The van der Waals surface area contributed by atoms with Crippen molar-refractivity contribution in [2.24, 2.45) is 0 Å². The van der Waals surface area contributed by atoms with E-state index in [-0.39, 0.29) is 5.41 Å². The van der Waals surface area contributed by atoms with Gasteiger partial charge in [0.1, 0.15) is 0 Å². The number of nitrogens with zero attached hydrogens (tertiary/aromatic N) is 3. The zero-order valence-corrected chi connectivity index (χ0v) is 10.7. The van der Waals surface area contributed by atoms with E-state index in [1.807, 2.05) is 10.6 Å². The number of imidazole rings is 1. The smallest absolute Gasteiger partial charge is 0.234 e. The predicted octanol–water partition coefficient (Wildman–Crippen LogP) is 3.15. The average Bonchev–Trinajstić information content (AvgIpc) is 2.58. The predicted molar refractivity (Wildman–Crippen MR) is 65.8 cm³/mol. The standard InChI is InChI=1S/C13H19N3/c1-9(2)10-6-7-16-8-11(13(3,4)5)15-12(16)14-10/h6-9H,1-5H3. The highest BCUT2D eigenvalue weighted by atomic mass is 15.1. The first-order chi connectivity index (χ1) is 7.38. The van der Waals surface area contributed by atoms with Crippen LogP contribution >= 0.6 is 0 Å². The van der Waals surface area contributed by atoms with Crippen LogP contribution in [0.25, 0.3) is 5.78 Å². The Bertz CT molecular complexity index is 503. The van der Waals surface area contributed by atoms with Crippen molar-refractivity contribution in [1.82, 2.24) is 14.4 Å². The quantitative estimate of drug-likeness (QED) is 0.734. The average molecular weight is 217 g/mol. The zero-order valence-electron chi connectivity index (χ0n) is 10.7.